The Balaban J connectivity index is 0.980. The Bertz CT molecular complexity index is 3810. The Morgan fingerprint density at radius 3 is 1.47 bits per heavy atom. The predicted octanol–water partition coefficient (Wildman–Crippen LogP) is 16.7. The third kappa shape index (κ3) is 4.64. The van der Waals surface area contributed by atoms with Crippen LogP contribution in [0.5, 0.6) is 0 Å². The third-order valence-corrected chi connectivity index (χ3v) is 13.6. The summed E-state index contributed by atoms with van der Waals surface area (Å²) in [6.07, 6.45) is 0. The summed E-state index contributed by atoms with van der Waals surface area (Å²) in [6.45, 7) is 0. The van der Waals surface area contributed by atoms with E-state index in [1.54, 1.807) is 0 Å². The quantitative estimate of drug-likeness (QED) is 0.164. The summed E-state index contributed by atoms with van der Waals surface area (Å²) in [5, 5.41) is 17.5. The zero-order valence-corrected chi connectivity index (χ0v) is 32.1. The Morgan fingerprint density at radius 1 is 0.293 bits per heavy atom. The molecule has 0 aliphatic rings. The van der Waals surface area contributed by atoms with Gasteiger partial charge >= 0.3 is 0 Å². The monoisotopic (exact) mass is 752 g/mol. The van der Waals surface area contributed by atoms with Crippen LogP contribution in [-0.4, -0.2) is 0 Å². The molecule has 0 saturated heterocycles. The van der Waals surface area contributed by atoms with Gasteiger partial charge in [-0.05, 0) is 124 Å². The molecule has 2 aromatic heterocycles. The number of thiophene rings is 1. The Labute approximate surface area is 337 Å². The van der Waals surface area contributed by atoms with E-state index in [2.05, 4.69) is 188 Å². The first-order chi connectivity index (χ1) is 28.7. The van der Waals surface area contributed by atoms with Gasteiger partial charge in [-0.15, -0.1) is 11.3 Å². The molecule has 1 nitrogen and oxygen atoms in total. The van der Waals surface area contributed by atoms with Crippen molar-refractivity contribution >= 4 is 107 Å². The van der Waals surface area contributed by atoms with Crippen molar-refractivity contribution in [2.75, 3.05) is 0 Å². The molecule has 0 aliphatic carbocycles. The number of hydrogen-bond acceptors (Lipinski definition) is 2. The van der Waals surface area contributed by atoms with Gasteiger partial charge in [-0.2, -0.15) is 0 Å². The van der Waals surface area contributed by atoms with Crippen molar-refractivity contribution in [3.63, 3.8) is 0 Å². The highest BCUT2D eigenvalue weighted by Gasteiger charge is 2.19. The lowest BCUT2D eigenvalue weighted by Gasteiger charge is -2.18. The zero-order chi connectivity index (χ0) is 37.9. The molecule has 0 N–H and O–H groups in total. The van der Waals surface area contributed by atoms with E-state index in [-0.39, 0.29) is 0 Å². The molecule has 0 fully saturated rings. The number of furan rings is 1. The van der Waals surface area contributed by atoms with E-state index in [1.807, 2.05) is 17.4 Å². The molecule has 13 rings (SSSR count). The molecule has 268 valence electrons. The van der Waals surface area contributed by atoms with Crippen molar-refractivity contribution < 1.29 is 4.42 Å². The number of fused-ring (bicyclic) bond motifs is 12. The van der Waals surface area contributed by atoms with Crippen molar-refractivity contribution in [1.82, 2.24) is 0 Å². The largest absolute Gasteiger partial charge is 0.456 e. The molecule has 0 bridgehead atoms. The van der Waals surface area contributed by atoms with Gasteiger partial charge in [0.1, 0.15) is 11.2 Å². The first kappa shape index (κ1) is 31.9. The van der Waals surface area contributed by atoms with Gasteiger partial charge in [-0.3, -0.25) is 0 Å². The average molecular weight is 753 g/mol. The first-order valence-corrected chi connectivity index (χ1v) is 20.7. The second kappa shape index (κ2) is 12.1. The highest BCUT2D eigenvalue weighted by Crippen LogP contribution is 2.47. The molecule has 0 unspecified atom stereocenters. The van der Waals surface area contributed by atoms with E-state index in [0.29, 0.717) is 0 Å². The van der Waals surface area contributed by atoms with Gasteiger partial charge in [-0.1, -0.05) is 152 Å². The van der Waals surface area contributed by atoms with Crippen LogP contribution in [0.4, 0.5) is 0 Å². The second-order valence-electron chi connectivity index (χ2n) is 15.6. The van der Waals surface area contributed by atoms with Crippen LogP contribution >= 0.6 is 11.3 Å². The van der Waals surface area contributed by atoms with Crippen LogP contribution in [0, 0.1) is 0 Å². The highest BCUT2D eigenvalue weighted by molar-refractivity contribution is 7.26. The number of hydrogen-bond donors (Lipinski definition) is 0. The van der Waals surface area contributed by atoms with Gasteiger partial charge in [0.25, 0.3) is 0 Å². The summed E-state index contributed by atoms with van der Waals surface area (Å²) >= 11 is 1.88. The molecule has 0 saturated carbocycles. The van der Waals surface area contributed by atoms with Crippen molar-refractivity contribution in [2.45, 2.75) is 0 Å². The van der Waals surface area contributed by atoms with Crippen molar-refractivity contribution in [3.8, 4) is 33.4 Å². The van der Waals surface area contributed by atoms with Crippen molar-refractivity contribution in [1.29, 1.82) is 0 Å². The molecule has 0 radical (unpaired) electrons. The van der Waals surface area contributed by atoms with Crippen LogP contribution in [0.3, 0.4) is 0 Å². The summed E-state index contributed by atoms with van der Waals surface area (Å²) < 4.78 is 8.97. The van der Waals surface area contributed by atoms with E-state index < -0.39 is 0 Å². The summed E-state index contributed by atoms with van der Waals surface area (Å²) in [5.74, 6) is 0. The molecule has 13 aromatic rings. The van der Waals surface area contributed by atoms with Gasteiger partial charge < -0.3 is 4.42 Å². The zero-order valence-electron chi connectivity index (χ0n) is 31.3. The molecule has 0 spiro atoms. The lowest BCUT2D eigenvalue weighted by Crippen LogP contribution is -1.91. The summed E-state index contributed by atoms with van der Waals surface area (Å²) in [7, 11) is 0. The van der Waals surface area contributed by atoms with Crippen molar-refractivity contribution in [3.05, 3.63) is 194 Å². The van der Waals surface area contributed by atoms with Gasteiger partial charge in [0.2, 0.25) is 0 Å². The van der Waals surface area contributed by atoms with Crippen LogP contribution in [0.25, 0.3) is 129 Å². The van der Waals surface area contributed by atoms with Crippen LogP contribution in [-0.2, 0) is 0 Å². The minimum Gasteiger partial charge on any atom is -0.456 e. The van der Waals surface area contributed by atoms with Crippen LogP contribution in [0.1, 0.15) is 0 Å². The lowest BCUT2D eigenvalue weighted by atomic mass is 9.85. The molecule has 0 atom stereocenters. The molecular formula is C56H32OS. The molecule has 11 aromatic carbocycles. The van der Waals surface area contributed by atoms with Gasteiger partial charge in [0.05, 0.1) is 0 Å². The highest BCUT2D eigenvalue weighted by atomic mass is 32.1. The smallest absolute Gasteiger partial charge is 0.136 e. The Kier molecular flexibility index (Phi) is 6.66. The van der Waals surface area contributed by atoms with E-state index in [1.165, 1.54) is 118 Å². The minimum absolute atomic E-state index is 0.935. The molecule has 58 heavy (non-hydrogen) atoms. The number of para-hydroxylation sites is 1. The maximum Gasteiger partial charge on any atom is 0.136 e. The maximum absolute atomic E-state index is 6.36. The second-order valence-corrected chi connectivity index (χ2v) is 16.6. The standard InChI is InChI=1S/C56H32OS/c1-2-12-34-28-38(25-21-33(34)11-1)54-42-15-4-6-17-44(42)55(45-18-7-5-16-43(45)54)39-26-23-35-27-37(24-22-36(35)29-39)47-30-50-49-31-52-48(41-14-9-10-20-51(41)57-52)32-53(49)58-56(50)46-19-8-3-13-40(46)47/h1-32H. The van der Waals surface area contributed by atoms with Crippen molar-refractivity contribution in [2.24, 2.45) is 0 Å². The van der Waals surface area contributed by atoms with Crippen LogP contribution < -0.4 is 0 Å². The SMILES string of the molecule is c1ccc2cc(-c3c4ccccc4c(-c4ccc5cc(-c6cc7c8cc9oc%10ccccc%10c9cc8sc7c7ccccc67)ccc5c4)c4ccccc34)ccc2c1. The van der Waals surface area contributed by atoms with E-state index in [9.17, 15) is 0 Å². The van der Waals surface area contributed by atoms with Crippen LogP contribution in [0.15, 0.2) is 199 Å². The molecule has 2 heterocycles. The predicted molar refractivity (Wildman–Crippen MR) is 250 cm³/mol. The molecular weight excluding hydrogens is 721 g/mol. The van der Waals surface area contributed by atoms with Gasteiger partial charge in [0.15, 0.2) is 0 Å². The average Bonchev–Trinajstić information content (AvgIpc) is 3.84. The number of rotatable bonds is 3. The molecule has 0 aliphatic heterocycles. The fourth-order valence-corrected chi connectivity index (χ4v) is 11.0. The minimum atomic E-state index is 0.935. The molecule has 2 heteroatoms. The van der Waals surface area contributed by atoms with E-state index in [4.69, 9.17) is 4.42 Å². The van der Waals surface area contributed by atoms with Gasteiger partial charge in [0, 0.05) is 36.3 Å². The maximum atomic E-state index is 6.36. The Hall–Kier alpha value is -7.26. The fourth-order valence-electron chi connectivity index (χ4n) is 9.72. The normalized spacial score (nSPS) is 12.1. The van der Waals surface area contributed by atoms with Crippen LogP contribution in [0.2, 0.25) is 0 Å². The van der Waals surface area contributed by atoms with Gasteiger partial charge in [-0.25, -0.2) is 0 Å². The lowest BCUT2D eigenvalue weighted by molar-refractivity contribution is 0.669. The summed E-state index contributed by atoms with van der Waals surface area (Å²) in [4.78, 5) is 0. The molecule has 0 amide bonds. The topological polar surface area (TPSA) is 13.1 Å². The van der Waals surface area contributed by atoms with E-state index >= 15 is 0 Å². The van der Waals surface area contributed by atoms with E-state index in [0.717, 1.165) is 11.2 Å². The fraction of sp³-hybridized carbons (Fsp3) is 0. The number of benzene rings is 11. The summed E-state index contributed by atoms with van der Waals surface area (Å²) in [6, 6.07) is 71.6. The first-order valence-electron chi connectivity index (χ1n) is 19.9. The Morgan fingerprint density at radius 2 is 0.793 bits per heavy atom. The third-order valence-electron chi connectivity index (χ3n) is 12.4. The summed E-state index contributed by atoms with van der Waals surface area (Å²) in [5.41, 5.74) is 9.38.